The summed E-state index contributed by atoms with van der Waals surface area (Å²) in [6.07, 6.45) is 0. The van der Waals surface area contributed by atoms with E-state index in [1.54, 1.807) is 13.1 Å². The van der Waals surface area contributed by atoms with E-state index in [1.165, 1.54) is 11.3 Å². The topological polar surface area (TPSA) is 58.2 Å². The van der Waals surface area contributed by atoms with Crippen LogP contribution in [0.3, 0.4) is 0 Å². The van der Waals surface area contributed by atoms with Crippen LogP contribution < -0.4 is 10.0 Å². The molecule has 1 heterocycles. The summed E-state index contributed by atoms with van der Waals surface area (Å²) in [5.41, 5.74) is 2.31. The monoisotopic (exact) mass is 388 g/mol. The highest BCUT2D eigenvalue weighted by Gasteiger charge is 2.23. The van der Waals surface area contributed by atoms with Gasteiger partial charge in [0.2, 0.25) is 0 Å². The summed E-state index contributed by atoms with van der Waals surface area (Å²) in [6.45, 7) is 4.27. The average molecular weight is 389 g/mol. The minimum absolute atomic E-state index is 0.371. The molecule has 114 valence electrons. The molecular formula is C14H17BrN2O2S2. The maximum Gasteiger partial charge on any atom is 0.263 e. The fourth-order valence-electron chi connectivity index (χ4n) is 2.04. The standard InChI is InChI=1S/C14H17BrN2O2S2/c1-9-4-5-11(15)12(6-9)17-21(18,19)14-10(2)8-20-13(14)7-16-3/h4-6,8,16-17H,7H2,1-3H3. The average Bonchev–Trinajstić information content (AvgIpc) is 2.76. The third-order valence-electron chi connectivity index (χ3n) is 2.96. The van der Waals surface area contributed by atoms with Crippen LogP contribution in [0.2, 0.25) is 0 Å². The molecule has 0 unspecified atom stereocenters. The Bertz CT molecular complexity index is 754. The molecule has 4 nitrogen and oxygen atoms in total. The number of halogens is 1. The number of benzene rings is 1. The van der Waals surface area contributed by atoms with Gasteiger partial charge in [0.1, 0.15) is 4.90 Å². The van der Waals surface area contributed by atoms with E-state index in [2.05, 4.69) is 26.0 Å². The molecule has 0 aliphatic heterocycles. The summed E-state index contributed by atoms with van der Waals surface area (Å²) in [5, 5.41) is 4.87. The van der Waals surface area contributed by atoms with E-state index in [-0.39, 0.29) is 0 Å². The predicted molar refractivity (Wildman–Crippen MR) is 91.5 cm³/mol. The lowest BCUT2D eigenvalue weighted by Gasteiger charge is -2.12. The minimum Gasteiger partial charge on any atom is -0.315 e. The van der Waals surface area contributed by atoms with Gasteiger partial charge in [0.05, 0.1) is 5.69 Å². The number of hydrogen-bond acceptors (Lipinski definition) is 4. The van der Waals surface area contributed by atoms with Gasteiger partial charge in [0, 0.05) is 15.9 Å². The highest BCUT2D eigenvalue weighted by Crippen LogP contribution is 2.31. The summed E-state index contributed by atoms with van der Waals surface area (Å²) in [4.78, 5) is 1.18. The van der Waals surface area contributed by atoms with Crippen molar-refractivity contribution < 1.29 is 8.42 Å². The van der Waals surface area contributed by atoms with Crippen LogP contribution in [0.15, 0.2) is 32.9 Å². The Hall–Kier alpha value is -0.890. The normalized spacial score (nSPS) is 11.6. The third kappa shape index (κ3) is 3.66. The zero-order valence-electron chi connectivity index (χ0n) is 12.0. The molecule has 21 heavy (non-hydrogen) atoms. The van der Waals surface area contributed by atoms with Gasteiger partial charge in [-0.25, -0.2) is 8.42 Å². The molecule has 0 amide bonds. The molecule has 1 aromatic carbocycles. The number of hydrogen-bond donors (Lipinski definition) is 2. The van der Waals surface area contributed by atoms with Gasteiger partial charge in [0.15, 0.2) is 0 Å². The molecule has 0 atom stereocenters. The van der Waals surface area contributed by atoms with Crippen LogP contribution in [0.1, 0.15) is 16.0 Å². The second-order valence-corrected chi connectivity index (χ2v) is 8.23. The van der Waals surface area contributed by atoms with Crippen molar-refractivity contribution in [2.75, 3.05) is 11.8 Å². The van der Waals surface area contributed by atoms with Crippen molar-refractivity contribution in [2.24, 2.45) is 0 Å². The van der Waals surface area contributed by atoms with Crippen molar-refractivity contribution in [3.63, 3.8) is 0 Å². The Kier molecular flexibility index (Phi) is 5.08. The van der Waals surface area contributed by atoms with Crippen LogP contribution >= 0.6 is 27.3 Å². The predicted octanol–water partition coefficient (Wildman–Crippen LogP) is 3.65. The van der Waals surface area contributed by atoms with Gasteiger partial charge in [0.25, 0.3) is 10.0 Å². The molecule has 0 bridgehead atoms. The lowest BCUT2D eigenvalue weighted by Crippen LogP contribution is -2.17. The zero-order chi connectivity index (χ0) is 15.6. The van der Waals surface area contributed by atoms with Gasteiger partial charge >= 0.3 is 0 Å². The van der Waals surface area contributed by atoms with E-state index in [1.807, 2.05) is 31.4 Å². The van der Waals surface area contributed by atoms with Crippen LogP contribution in [0.5, 0.6) is 0 Å². The van der Waals surface area contributed by atoms with Crippen LogP contribution in [0.25, 0.3) is 0 Å². The molecule has 1 aromatic heterocycles. The summed E-state index contributed by atoms with van der Waals surface area (Å²) in [6, 6.07) is 5.56. The Labute approximate surface area is 137 Å². The summed E-state index contributed by atoms with van der Waals surface area (Å²) < 4.78 is 28.8. The summed E-state index contributed by atoms with van der Waals surface area (Å²) in [7, 11) is -1.80. The molecule has 2 aromatic rings. The van der Waals surface area contributed by atoms with E-state index >= 15 is 0 Å². The maximum atomic E-state index is 12.7. The van der Waals surface area contributed by atoms with Gasteiger partial charge in [-0.3, -0.25) is 4.72 Å². The third-order valence-corrected chi connectivity index (χ3v) is 6.48. The van der Waals surface area contributed by atoms with Gasteiger partial charge in [-0.2, -0.15) is 0 Å². The molecule has 2 rings (SSSR count). The second-order valence-electron chi connectivity index (χ2n) is 4.79. The molecule has 0 aliphatic rings. The molecule has 0 fully saturated rings. The molecule has 2 N–H and O–H groups in total. The Balaban J connectivity index is 2.43. The van der Waals surface area contributed by atoms with Crippen molar-refractivity contribution >= 4 is 43.0 Å². The number of sulfonamides is 1. The van der Waals surface area contributed by atoms with E-state index in [0.29, 0.717) is 17.1 Å². The number of nitrogens with one attached hydrogen (secondary N) is 2. The van der Waals surface area contributed by atoms with Crippen LogP contribution in [0.4, 0.5) is 5.69 Å². The van der Waals surface area contributed by atoms with E-state index in [9.17, 15) is 8.42 Å². The molecule has 7 heteroatoms. The van der Waals surface area contributed by atoms with Crippen molar-refractivity contribution in [1.82, 2.24) is 5.32 Å². The number of anilines is 1. The van der Waals surface area contributed by atoms with Crippen LogP contribution in [-0.4, -0.2) is 15.5 Å². The molecule has 0 radical (unpaired) electrons. The van der Waals surface area contributed by atoms with Crippen molar-refractivity contribution in [1.29, 1.82) is 0 Å². The van der Waals surface area contributed by atoms with E-state index in [4.69, 9.17) is 0 Å². The lowest BCUT2D eigenvalue weighted by atomic mass is 10.2. The first-order valence-corrected chi connectivity index (χ1v) is 9.51. The fourth-order valence-corrected chi connectivity index (χ4v) is 5.42. The maximum absolute atomic E-state index is 12.7. The fraction of sp³-hybridized carbons (Fsp3) is 0.286. The Morgan fingerprint density at radius 2 is 2.00 bits per heavy atom. The number of thiophene rings is 1. The van der Waals surface area contributed by atoms with Crippen molar-refractivity contribution in [3.8, 4) is 0 Å². The molecular weight excluding hydrogens is 372 g/mol. The van der Waals surface area contributed by atoms with Crippen molar-refractivity contribution in [2.45, 2.75) is 25.3 Å². The molecule has 0 saturated heterocycles. The first-order chi connectivity index (χ1) is 9.85. The zero-order valence-corrected chi connectivity index (χ0v) is 15.2. The first-order valence-electron chi connectivity index (χ1n) is 6.35. The highest BCUT2D eigenvalue weighted by atomic mass is 79.9. The van der Waals surface area contributed by atoms with Crippen LogP contribution in [-0.2, 0) is 16.6 Å². The Morgan fingerprint density at radius 3 is 2.67 bits per heavy atom. The molecule has 0 spiro atoms. The number of rotatable bonds is 5. The largest absolute Gasteiger partial charge is 0.315 e. The second kappa shape index (κ2) is 6.48. The van der Waals surface area contributed by atoms with Gasteiger partial charge in [-0.05, 0) is 65.5 Å². The summed E-state index contributed by atoms with van der Waals surface area (Å²) in [5.74, 6) is 0. The van der Waals surface area contributed by atoms with E-state index < -0.39 is 10.0 Å². The smallest absolute Gasteiger partial charge is 0.263 e. The van der Waals surface area contributed by atoms with E-state index in [0.717, 1.165) is 20.5 Å². The van der Waals surface area contributed by atoms with Gasteiger partial charge < -0.3 is 5.32 Å². The first kappa shape index (κ1) is 16.5. The SMILES string of the molecule is CNCc1scc(C)c1S(=O)(=O)Nc1cc(C)ccc1Br. The van der Waals surface area contributed by atoms with Crippen LogP contribution in [0, 0.1) is 13.8 Å². The number of aryl methyl sites for hydroxylation is 2. The lowest BCUT2D eigenvalue weighted by molar-refractivity contribution is 0.599. The Morgan fingerprint density at radius 1 is 1.29 bits per heavy atom. The molecule has 0 aliphatic carbocycles. The summed E-state index contributed by atoms with van der Waals surface area (Å²) >= 11 is 4.83. The van der Waals surface area contributed by atoms with Gasteiger partial charge in [-0.1, -0.05) is 6.07 Å². The highest BCUT2D eigenvalue weighted by molar-refractivity contribution is 9.10. The van der Waals surface area contributed by atoms with Crippen molar-refractivity contribution in [3.05, 3.63) is 44.1 Å². The quantitative estimate of drug-likeness (QED) is 0.821. The molecule has 0 saturated carbocycles. The minimum atomic E-state index is -3.60. The van der Waals surface area contributed by atoms with Gasteiger partial charge in [-0.15, -0.1) is 11.3 Å².